The third kappa shape index (κ3) is 10.5. The van der Waals surface area contributed by atoms with Crippen molar-refractivity contribution in [3.8, 4) is 34.0 Å². The van der Waals surface area contributed by atoms with E-state index in [1.165, 1.54) is 26.7 Å². The normalized spacial score (nSPS) is 13.1. The van der Waals surface area contributed by atoms with Gasteiger partial charge in [-0.05, 0) is 45.0 Å². The van der Waals surface area contributed by atoms with Crippen LogP contribution in [0.4, 0.5) is 25.5 Å². The number of hydrogen-bond donors (Lipinski definition) is 3. The van der Waals surface area contributed by atoms with Gasteiger partial charge < -0.3 is 31.0 Å². The van der Waals surface area contributed by atoms with Crippen LogP contribution in [0.3, 0.4) is 0 Å². The number of carbonyl (C=O) groups is 1. The lowest BCUT2D eigenvalue weighted by Gasteiger charge is -2.24. The van der Waals surface area contributed by atoms with Crippen LogP contribution in [0.1, 0.15) is 43.3 Å². The number of carbonyl (C=O) groups excluding carboxylic acids is 1. The molecule has 61 heavy (non-hydrogen) atoms. The summed E-state index contributed by atoms with van der Waals surface area (Å²) in [6, 6.07) is 6.47. The summed E-state index contributed by atoms with van der Waals surface area (Å²) in [7, 11) is 0. The van der Waals surface area contributed by atoms with Crippen molar-refractivity contribution >= 4 is 64.4 Å². The fourth-order valence-corrected chi connectivity index (χ4v) is 7.67. The lowest BCUT2D eigenvalue weighted by atomic mass is 10.0. The first kappa shape index (κ1) is 43.6. The number of hydrogen-bond acceptors (Lipinski definition) is 13. The van der Waals surface area contributed by atoms with Gasteiger partial charge in [-0.1, -0.05) is 46.4 Å². The summed E-state index contributed by atoms with van der Waals surface area (Å²) in [5.74, 6) is 0.183. The average Bonchev–Trinajstić information content (AvgIpc) is 3.99. The molecule has 5 N–H and O–H groups in total. The molecule has 0 atom stereocenters. The Hall–Kier alpha value is -5.53. The molecular weight excluding hydrogens is 880 g/mol. The smallest absolute Gasteiger partial charge is 0.410 e. The van der Waals surface area contributed by atoms with E-state index in [-0.39, 0.29) is 38.2 Å². The number of rotatable bonds is 10. The molecule has 0 unspecified atom stereocenters. The van der Waals surface area contributed by atoms with E-state index in [1.807, 2.05) is 0 Å². The van der Waals surface area contributed by atoms with Gasteiger partial charge >= 0.3 is 6.09 Å². The summed E-state index contributed by atoms with van der Waals surface area (Å²) in [5.41, 5.74) is 16.4. The minimum atomic E-state index is -0.641. The van der Waals surface area contributed by atoms with Crippen LogP contribution in [0.25, 0.3) is 22.5 Å². The number of ether oxygens (including phenoxy) is 3. The molecule has 8 rings (SSSR count). The maximum atomic E-state index is 13.2. The van der Waals surface area contributed by atoms with E-state index in [4.69, 9.17) is 72.1 Å². The molecule has 6 aromatic rings. The fourth-order valence-electron chi connectivity index (χ4n) is 6.54. The van der Waals surface area contributed by atoms with E-state index in [1.54, 1.807) is 45.0 Å². The molecule has 0 saturated carbocycles. The Kier molecular flexibility index (Phi) is 13.0. The van der Waals surface area contributed by atoms with Gasteiger partial charge in [-0.25, -0.2) is 33.5 Å². The van der Waals surface area contributed by atoms with Gasteiger partial charge in [-0.2, -0.15) is 10.2 Å². The molecule has 0 fully saturated rings. The number of fused-ring (bicyclic) bond motifs is 2. The lowest BCUT2D eigenvalue weighted by molar-refractivity contribution is 0.0241. The lowest BCUT2D eigenvalue weighted by Crippen LogP contribution is -2.33. The van der Waals surface area contributed by atoms with Crippen LogP contribution in [0.15, 0.2) is 49.1 Å². The van der Waals surface area contributed by atoms with Crippen molar-refractivity contribution in [1.82, 2.24) is 49.7 Å². The maximum Gasteiger partial charge on any atom is 0.410 e. The van der Waals surface area contributed by atoms with Gasteiger partial charge in [0.25, 0.3) is 0 Å². The van der Waals surface area contributed by atoms with Gasteiger partial charge in [-0.3, -0.25) is 14.3 Å². The highest BCUT2D eigenvalue weighted by Crippen LogP contribution is 2.43. The van der Waals surface area contributed by atoms with Crippen LogP contribution < -0.4 is 26.3 Å². The standard InChI is InChI=1S/C22H23Cl2FN6O3.C17H15Cl2FN6O/c1-22(2,3)34-21(32)30-10-14-16(11-30)28-20(26)29-19(14)18-15(24)6-12(23)7-17(18)33-5-4-31-9-13(25)8-27-31;18-9-3-12(19)15(16-11-6-22-7-13(11)24-17(21)25-16)14(4-9)27-2-1-26-8-10(20)5-23-26/h6-9H,4-5,10-11H2,1-3H3,(H2,26,28,29);3-5,8,22H,1-2,6-7H2,(H2,21,24,25). The number of nitrogens with two attached hydrogens (primary N) is 2. The molecule has 0 bridgehead atoms. The number of nitrogens with one attached hydrogen (secondary N) is 1. The SMILES string of the molecule is CC(C)(C)OC(=O)N1Cc2nc(N)nc(-c3c(Cl)cc(Cl)cc3OCCn3cc(F)cn3)c2C1.Nc1nc2c(c(-c3c(Cl)cc(Cl)cc3OCCn3cc(F)cn3)n1)CNC2. The minimum Gasteiger partial charge on any atom is -0.491 e. The molecule has 0 saturated heterocycles. The second-order valence-corrected chi connectivity index (χ2v) is 16.4. The van der Waals surface area contributed by atoms with Crippen molar-refractivity contribution in [2.75, 3.05) is 24.7 Å². The zero-order valence-electron chi connectivity index (χ0n) is 32.9. The molecular formula is C39H38Cl4F2N12O4. The molecule has 0 aliphatic carbocycles. The highest BCUT2D eigenvalue weighted by molar-refractivity contribution is 6.37. The highest BCUT2D eigenvalue weighted by Gasteiger charge is 2.33. The van der Waals surface area contributed by atoms with Gasteiger partial charge in [0.05, 0.1) is 94.9 Å². The summed E-state index contributed by atoms with van der Waals surface area (Å²) in [4.78, 5) is 31.5. The van der Waals surface area contributed by atoms with Crippen LogP contribution in [0.5, 0.6) is 11.5 Å². The van der Waals surface area contributed by atoms with Crippen LogP contribution in [0, 0.1) is 11.6 Å². The van der Waals surface area contributed by atoms with E-state index in [0.29, 0.717) is 91.5 Å². The fraction of sp³-hybridized carbons (Fsp3) is 0.308. The molecule has 2 aliphatic rings. The van der Waals surface area contributed by atoms with E-state index in [0.717, 1.165) is 23.7 Å². The Morgan fingerprint density at radius 2 is 1.25 bits per heavy atom. The summed E-state index contributed by atoms with van der Waals surface area (Å²) >= 11 is 25.4. The third-order valence-corrected chi connectivity index (χ3v) is 10.1. The first-order valence-corrected chi connectivity index (χ1v) is 20.1. The van der Waals surface area contributed by atoms with Crippen molar-refractivity contribution in [3.05, 3.63) is 103 Å². The molecule has 22 heteroatoms. The zero-order valence-corrected chi connectivity index (χ0v) is 35.9. The Morgan fingerprint density at radius 1 is 0.738 bits per heavy atom. The molecule has 6 heterocycles. The summed E-state index contributed by atoms with van der Waals surface area (Å²) in [6.45, 7) is 8.11. The Morgan fingerprint density at radius 3 is 1.74 bits per heavy atom. The van der Waals surface area contributed by atoms with Crippen LogP contribution >= 0.6 is 46.4 Å². The Bertz CT molecular complexity index is 2600. The Balaban J connectivity index is 0.000000189. The van der Waals surface area contributed by atoms with Crippen LogP contribution in [0.2, 0.25) is 20.1 Å². The summed E-state index contributed by atoms with van der Waals surface area (Å²) in [6.07, 6.45) is 4.34. The summed E-state index contributed by atoms with van der Waals surface area (Å²) < 4.78 is 46.4. The van der Waals surface area contributed by atoms with E-state index in [9.17, 15) is 13.6 Å². The number of nitrogen functional groups attached to an aromatic ring is 2. The number of amides is 1. The van der Waals surface area contributed by atoms with E-state index < -0.39 is 23.3 Å². The molecule has 2 aromatic carbocycles. The number of benzene rings is 2. The first-order chi connectivity index (χ1) is 29.0. The monoisotopic (exact) mass is 916 g/mol. The van der Waals surface area contributed by atoms with Gasteiger partial charge in [-0.15, -0.1) is 0 Å². The molecule has 4 aromatic heterocycles. The number of anilines is 2. The number of aromatic nitrogens is 8. The topological polar surface area (TPSA) is 199 Å². The van der Waals surface area contributed by atoms with Gasteiger partial charge in [0, 0.05) is 34.3 Å². The molecule has 0 spiro atoms. The van der Waals surface area contributed by atoms with Crippen molar-refractivity contribution in [1.29, 1.82) is 0 Å². The quantitative estimate of drug-likeness (QED) is 0.121. The predicted molar refractivity (Wildman–Crippen MR) is 225 cm³/mol. The average molecular weight is 919 g/mol. The van der Waals surface area contributed by atoms with Crippen LogP contribution in [-0.4, -0.2) is 69.3 Å². The van der Waals surface area contributed by atoms with Crippen molar-refractivity contribution in [2.24, 2.45) is 0 Å². The second-order valence-electron chi connectivity index (χ2n) is 14.7. The van der Waals surface area contributed by atoms with Crippen molar-refractivity contribution < 1.29 is 27.8 Å². The highest BCUT2D eigenvalue weighted by atomic mass is 35.5. The third-order valence-electron chi connectivity index (χ3n) is 9.03. The zero-order chi connectivity index (χ0) is 43.6. The first-order valence-electron chi connectivity index (χ1n) is 18.6. The molecule has 2 aliphatic heterocycles. The van der Waals surface area contributed by atoms with E-state index >= 15 is 0 Å². The van der Waals surface area contributed by atoms with Crippen molar-refractivity contribution in [3.63, 3.8) is 0 Å². The predicted octanol–water partition coefficient (Wildman–Crippen LogP) is 7.75. The Labute approximate surface area is 368 Å². The maximum absolute atomic E-state index is 13.2. The van der Waals surface area contributed by atoms with Gasteiger partial charge in [0.2, 0.25) is 11.9 Å². The van der Waals surface area contributed by atoms with Crippen molar-refractivity contribution in [2.45, 2.75) is 65.6 Å². The van der Waals surface area contributed by atoms with Gasteiger partial charge in [0.15, 0.2) is 11.6 Å². The second kappa shape index (κ2) is 18.2. The number of halogens is 6. The molecule has 320 valence electrons. The van der Waals surface area contributed by atoms with Crippen LogP contribution in [-0.2, 0) is 44.0 Å². The molecule has 16 nitrogen and oxygen atoms in total. The summed E-state index contributed by atoms with van der Waals surface area (Å²) in [5, 5.41) is 12.5. The van der Waals surface area contributed by atoms with E-state index in [2.05, 4.69) is 35.5 Å². The molecule has 1 amide bonds. The van der Waals surface area contributed by atoms with Gasteiger partial charge in [0.1, 0.15) is 30.3 Å². The minimum absolute atomic E-state index is 0.0313. The number of nitrogens with zero attached hydrogens (tertiary/aromatic N) is 9. The largest absolute Gasteiger partial charge is 0.491 e. The molecule has 0 radical (unpaired) electrons.